The molecule has 0 aliphatic carbocycles. The van der Waals surface area contributed by atoms with E-state index in [1.54, 1.807) is 0 Å². The molecule has 0 fully saturated rings. The zero-order chi connectivity index (χ0) is 14.8. The van der Waals surface area contributed by atoms with Gasteiger partial charge in [-0.05, 0) is 18.1 Å². The summed E-state index contributed by atoms with van der Waals surface area (Å²) in [7, 11) is 0. The van der Waals surface area contributed by atoms with Crippen LogP contribution in [0, 0.1) is 5.92 Å². The second-order valence-electron chi connectivity index (χ2n) is 5.02. The highest BCUT2D eigenvalue weighted by Gasteiger charge is 2.04. The van der Waals surface area contributed by atoms with Crippen molar-refractivity contribution in [2.24, 2.45) is 5.92 Å². The number of carbonyl (C=O) groups is 2. The van der Waals surface area contributed by atoms with Crippen LogP contribution in [0.4, 0.5) is 5.69 Å². The third kappa shape index (κ3) is 7.41. The predicted molar refractivity (Wildman–Crippen MR) is 80.4 cm³/mol. The summed E-state index contributed by atoms with van der Waals surface area (Å²) in [6.07, 6.45) is 0.309. The maximum atomic E-state index is 11.6. The molecule has 0 aliphatic rings. The minimum Gasteiger partial charge on any atom is -0.376 e. The Hall–Kier alpha value is -2.04. The van der Waals surface area contributed by atoms with Crippen molar-refractivity contribution in [3.8, 4) is 0 Å². The van der Waals surface area contributed by atoms with Crippen LogP contribution in [0.5, 0.6) is 0 Å². The van der Waals surface area contributed by atoms with Gasteiger partial charge in [0.25, 0.3) is 0 Å². The summed E-state index contributed by atoms with van der Waals surface area (Å²) in [4.78, 5) is 23.0. The van der Waals surface area contributed by atoms with E-state index in [2.05, 4.69) is 16.0 Å². The molecule has 0 radical (unpaired) electrons. The van der Waals surface area contributed by atoms with Crippen molar-refractivity contribution >= 4 is 17.5 Å². The first-order valence-electron chi connectivity index (χ1n) is 6.90. The number of para-hydroxylation sites is 1. The van der Waals surface area contributed by atoms with Gasteiger partial charge < -0.3 is 16.0 Å². The topological polar surface area (TPSA) is 70.2 Å². The van der Waals surface area contributed by atoms with Gasteiger partial charge in [0.15, 0.2) is 0 Å². The van der Waals surface area contributed by atoms with Crippen LogP contribution < -0.4 is 16.0 Å². The van der Waals surface area contributed by atoms with E-state index >= 15 is 0 Å². The summed E-state index contributed by atoms with van der Waals surface area (Å²) in [6, 6.07) is 9.51. The zero-order valence-corrected chi connectivity index (χ0v) is 12.1. The van der Waals surface area contributed by atoms with E-state index in [1.807, 2.05) is 44.2 Å². The maximum Gasteiger partial charge on any atom is 0.239 e. The summed E-state index contributed by atoms with van der Waals surface area (Å²) in [5.41, 5.74) is 0.900. The highest BCUT2D eigenvalue weighted by Crippen LogP contribution is 2.03. The quantitative estimate of drug-likeness (QED) is 0.672. The molecule has 20 heavy (non-hydrogen) atoms. The number of rotatable bonds is 8. The average molecular weight is 277 g/mol. The van der Waals surface area contributed by atoms with Gasteiger partial charge in [-0.15, -0.1) is 0 Å². The SMILES string of the molecule is CC(C)CNC(=O)CCNC(=O)CNc1ccccc1. The van der Waals surface area contributed by atoms with Crippen LogP contribution in [0.1, 0.15) is 20.3 Å². The number of amides is 2. The van der Waals surface area contributed by atoms with Crippen molar-refractivity contribution in [1.82, 2.24) is 10.6 Å². The van der Waals surface area contributed by atoms with E-state index in [0.29, 0.717) is 25.4 Å². The molecule has 1 aromatic rings. The van der Waals surface area contributed by atoms with Gasteiger partial charge in [0.05, 0.1) is 6.54 Å². The average Bonchev–Trinajstić information content (AvgIpc) is 2.44. The Morgan fingerprint density at radius 2 is 1.75 bits per heavy atom. The van der Waals surface area contributed by atoms with Gasteiger partial charge in [0.2, 0.25) is 11.8 Å². The molecule has 2 amide bonds. The van der Waals surface area contributed by atoms with Gasteiger partial charge >= 0.3 is 0 Å². The van der Waals surface area contributed by atoms with E-state index in [4.69, 9.17) is 0 Å². The molecule has 0 spiro atoms. The lowest BCUT2D eigenvalue weighted by Gasteiger charge is -2.09. The third-order valence-corrected chi connectivity index (χ3v) is 2.61. The fraction of sp³-hybridized carbons (Fsp3) is 0.467. The van der Waals surface area contributed by atoms with Crippen LogP contribution in [-0.2, 0) is 9.59 Å². The number of anilines is 1. The number of hydrogen-bond acceptors (Lipinski definition) is 3. The molecular weight excluding hydrogens is 254 g/mol. The van der Waals surface area contributed by atoms with Crippen molar-refractivity contribution in [3.63, 3.8) is 0 Å². The molecule has 0 saturated heterocycles. The predicted octanol–water partition coefficient (Wildman–Crippen LogP) is 1.38. The molecule has 0 bridgehead atoms. The highest BCUT2D eigenvalue weighted by atomic mass is 16.2. The van der Waals surface area contributed by atoms with Gasteiger partial charge in [-0.1, -0.05) is 32.0 Å². The molecule has 0 atom stereocenters. The van der Waals surface area contributed by atoms with E-state index < -0.39 is 0 Å². The first kappa shape index (κ1) is 16.0. The fourth-order valence-electron chi connectivity index (χ4n) is 1.52. The minimum absolute atomic E-state index is 0.0324. The second-order valence-corrected chi connectivity index (χ2v) is 5.02. The van der Waals surface area contributed by atoms with Crippen molar-refractivity contribution in [1.29, 1.82) is 0 Å². The minimum atomic E-state index is -0.120. The fourth-order valence-corrected chi connectivity index (χ4v) is 1.52. The van der Waals surface area contributed by atoms with Crippen LogP contribution in [0.3, 0.4) is 0 Å². The number of benzene rings is 1. The van der Waals surface area contributed by atoms with Gasteiger partial charge in [-0.2, -0.15) is 0 Å². The Labute approximate surface area is 120 Å². The standard InChI is InChI=1S/C15H23N3O2/c1-12(2)10-18-14(19)8-9-16-15(20)11-17-13-6-4-3-5-7-13/h3-7,12,17H,8-11H2,1-2H3,(H,16,20)(H,18,19). The second kappa shape index (κ2) is 8.96. The van der Waals surface area contributed by atoms with Crippen LogP contribution in [-0.4, -0.2) is 31.4 Å². The third-order valence-electron chi connectivity index (χ3n) is 2.61. The van der Waals surface area contributed by atoms with Gasteiger partial charge in [0.1, 0.15) is 0 Å². The summed E-state index contributed by atoms with van der Waals surface area (Å²) < 4.78 is 0. The smallest absolute Gasteiger partial charge is 0.239 e. The van der Waals surface area contributed by atoms with E-state index in [9.17, 15) is 9.59 Å². The Bertz CT molecular complexity index is 418. The molecule has 0 saturated carbocycles. The monoisotopic (exact) mass is 277 g/mol. The molecule has 0 unspecified atom stereocenters. The number of carbonyl (C=O) groups excluding carboxylic acids is 2. The van der Waals surface area contributed by atoms with E-state index in [1.165, 1.54) is 0 Å². The highest BCUT2D eigenvalue weighted by molar-refractivity contribution is 5.81. The van der Waals surface area contributed by atoms with Crippen LogP contribution in [0.15, 0.2) is 30.3 Å². The largest absolute Gasteiger partial charge is 0.376 e. The lowest BCUT2D eigenvalue weighted by atomic mass is 10.2. The Kier molecular flexibility index (Phi) is 7.17. The summed E-state index contributed by atoms with van der Waals surface area (Å²) in [5.74, 6) is 0.282. The van der Waals surface area contributed by atoms with E-state index in [-0.39, 0.29) is 18.4 Å². The molecule has 1 aromatic carbocycles. The van der Waals surface area contributed by atoms with Gasteiger partial charge in [-0.3, -0.25) is 9.59 Å². The Balaban J connectivity index is 2.10. The molecule has 0 aliphatic heterocycles. The maximum absolute atomic E-state index is 11.6. The van der Waals surface area contributed by atoms with Crippen molar-refractivity contribution in [3.05, 3.63) is 30.3 Å². The zero-order valence-electron chi connectivity index (χ0n) is 12.1. The molecule has 1 rings (SSSR count). The normalized spacial score (nSPS) is 10.2. The van der Waals surface area contributed by atoms with Crippen molar-refractivity contribution in [2.75, 3.05) is 25.0 Å². The van der Waals surface area contributed by atoms with E-state index in [0.717, 1.165) is 5.69 Å². The number of hydrogen-bond donors (Lipinski definition) is 3. The lowest BCUT2D eigenvalue weighted by molar-refractivity contribution is -0.121. The first-order chi connectivity index (χ1) is 9.58. The van der Waals surface area contributed by atoms with Crippen LogP contribution in [0.2, 0.25) is 0 Å². The Morgan fingerprint density at radius 1 is 1.05 bits per heavy atom. The Morgan fingerprint density at radius 3 is 2.40 bits per heavy atom. The molecule has 5 nitrogen and oxygen atoms in total. The molecule has 0 heterocycles. The van der Waals surface area contributed by atoms with Gasteiger partial charge in [0, 0.05) is 25.2 Å². The summed E-state index contributed by atoms with van der Waals surface area (Å²) in [6.45, 7) is 5.31. The molecule has 3 N–H and O–H groups in total. The molecular formula is C15H23N3O2. The molecule has 110 valence electrons. The molecule has 0 aromatic heterocycles. The van der Waals surface area contributed by atoms with Crippen molar-refractivity contribution < 1.29 is 9.59 Å². The molecule has 5 heteroatoms. The van der Waals surface area contributed by atoms with Crippen LogP contribution in [0.25, 0.3) is 0 Å². The summed E-state index contributed by atoms with van der Waals surface area (Å²) >= 11 is 0. The number of nitrogens with one attached hydrogen (secondary N) is 3. The summed E-state index contributed by atoms with van der Waals surface area (Å²) in [5, 5.41) is 8.53. The lowest BCUT2D eigenvalue weighted by Crippen LogP contribution is -2.34. The first-order valence-corrected chi connectivity index (χ1v) is 6.90. The van der Waals surface area contributed by atoms with Crippen LogP contribution >= 0.6 is 0 Å². The van der Waals surface area contributed by atoms with Gasteiger partial charge in [-0.25, -0.2) is 0 Å². The van der Waals surface area contributed by atoms with Crippen molar-refractivity contribution in [2.45, 2.75) is 20.3 Å².